The summed E-state index contributed by atoms with van der Waals surface area (Å²) in [5.41, 5.74) is 10.6. The molecule has 0 bridgehead atoms. The van der Waals surface area contributed by atoms with Gasteiger partial charge in [0.1, 0.15) is 5.82 Å². The lowest BCUT2D eigenvalue weighted by Gasteiger charge is -2.31. The molecular formula is C21H31N7. The summed E-state index contributed by atoms with van der Waals surface area (Å²) in [7, 11) is 0. The summed E-state index contributed by atoms with van der Waals surface area (Å²) < 4.78 is 3.99. The minimum absolute atomic E-state index is 0.0172. The molecule has 7 heteroatoms. The van der Waals surface area contributed by atoms with Crippen LogP contribution in [0.15, 0.2) is 24.7 Å². The molecule has 4 heterocycles. The van der Waals surface area contributed by atoms with Crippen molar-refractivity contribution in [1.82, 2.24) is 29.0 Å². The molecule has 0 saturated carbocycles. The average Bonchev–Trinajstić information content (AvgIpc) is 3.28. The molecular weight excluding hydrogens is 350 g/mol. The van der Waals surface area contributed by atoms with E-state index in [0.717, 1.165) is 56.1 Å². The lowest BCUT2D eigenvalue weighted by atomic mass is 9.92. The van der Waals surface area contributed by atoms with Gasteiger partial charge >= 0.3 is 0 Å². The first-order valence-electron chi connectivity index (χ1n) is 10.2. The molecule has 3 aromatic rings. The maximum atomic E-state index is 6.31. The van der Waals surface area contributed by atoms with E-state index in [9.17, 15) is 0 Å². The quantitative estimate of drug-likeness (QED) is 0.751. The highest BCUT2D eigenvalue weighted by atomic mass is 15.3. The normalized spacial score (nSPS) is 16.9. The number of anilines is 1. The number of aromatic nitrogens is 5. The summed E-state index contributed by atoms with van der Waals surface area (Å²) >= 11 is 0. The molecule has 1 aliphatic rings. The Morgan fingerprint density at radius 3 is 2.61 bits per heavy atom. The highest BCUT2D eigenvalue weighted by Crippen LogP contribution is 2.30. The second-order valence-corrected chi connectivity index (χ2v) is 8.88. The van der Waals surface area contributed by atoms with E-state index in [-0.39, 0.29) is 5.41 Å². The van der Waals surface area contributed by atoms with E-state index >= 15 is 0 Å². The first-order chi connectivity index (χ1) is 13.3. The molecule has 1 aliphatic heterocycles. The van der Waals surface area contributed by atoms with Gasteiger partial charge in [0.05, 0.1) is 17.7 Å². The van der Waals surface area contributed by atoms with Crippen molar-refractivity contribution < 1.29 is 0 Å². The number of rotatable bonds is 4. The van der Waals surface area contributed by atoms with E-state index in [2.05, 4.69) is 53.3 Å². The maximum absolute atomic E-state index is 6.31. The van der Waals surface area contributed by atoms with E-state index in [1.54, 1.807) is 4.52 Å². The van der Waals surface area contributed by atoms with Crippen molar-refractivity contribution in [1.29, 1.82) is 0 Å². The van der Waals surface area contributed by atoms with Gasteiger partial charge < -0.3 is 10.3 Å². The minimum atomic E-state index is -0.0172. The van der Waals surface area contributed by atoms with Crippen molar-refractivity contribution in [3.05, 3.63) is 41.7 Å². The monoisotopic (exact) mass is 381 g/mol. The number of nitrogens with zero attached hydrogens (tertiary/aromatic N) is 6. The number of aryl methyl sites for hydroxylation is 1. The van der Waals surface area contributed by atoms with Crippen molar-refractivity contribution in [2.45, 2.75) is 65.0 Å². The van der Waals surface area contributed by atoms with Crippen LogP contribution in [0.5, 0.6) is 0 Å². The summed E-state index contributed by atoms with van der Waals surface area (Å²) in [4.78, 5) is 11.7. The molecule has 1 fully saturated rings. The molecule has 28 heavy (non-hydrogen) atoms. The van der Waals surface area contributed by atoms with Crippen LogP contribution in [0.3, 0.4) is 0 Å². The molecule has 0 aliphatic carbocycles. The average molecular weight is 382 g/mol. The first-order valence-corrected chi connectivity index (χ1v) is 10.2. The lowest BCUT2D eigenvalue weighted by molar-refractivity contribution is 0.199. The van der Waals surface area contributed by atoms with Crippen molar-refractivity contribution in [3.63, 3.8) is 0 Å². The summed E-state index contributed by atoms with van der Waals surface area (Å²) in [6, 6.07) is 4.08. The maximum Gasteiger partial charge on any atom is 0.157 e. The molecule has 2 N–H and O–H groups in total. The predicted molar refractivity (Wildman–Crippen MR) is 111 cm³/mol. The van der Waals surface area contributed by atoms with Gasteiger partial charge in [-0.3, -0.25) is 4.90 Å². The van der Waals surface area contributed by atoms with Gasteiger partial charge in [0.15, 0.2) is 5.65 Å². The Hall–Kier alpha value is -2.41. The molecule has 7 nitrogen and oxygen atoms in total. The highest BCUT2D eigenvalue weighted by molar-refractivity contribution is 5.49. The molecule has 3 aromatic heterocycles. The van der Waals surface area contributed by atoms with Gasteiger partial charge in [-0.25, -0.2) is 9.97 Å². The van der Waals surface area contributed by atoms with Gasteiger partial charge in [-0.2, -0.15) is 9.61 Å². The van der Waals surface area contributed by atoms with Gasteiger partial charge in [0, 0.05) is 48.4 Å². The van der Waals surface area contributed by atoms with E-state index in [0.29, 0.717) is 11.7 Å². The molecule has 150 valence electrons. The number of fused-ring (bicyclic) bond motifs is 1. The predicted octanol–water partition coefficient (Wildman–Crippen LogP) is 3.21. The SMILES string of the molecule is CCn1cncc1CN1CCC(c2cc(N)n3nc(C(C)(C)C)cc3n2)CC1. The van der Waals surface area contributed by atoms with E-state index in [4.69, 9.17) is 10.7 Å². The van der Waals surface area contributed by atoms with Crippen LogP contribution in [0.4, 0.5) is 5.82 Å². The fourth-order valence-corrected chi connectivity index (χ4v) is 3.97. The largest absolute Gasteiger partial charge is 0.384 e. The Labute approximate surface area is 166 Å². The topological polar surface area (TPSA) is 77.3 Å². The zero-order valence-electron chi connectivity index (χ0n) is 17.4. The Bertz CT molecular complexity index is 955. The van der Waals surface area contributed by atoms with Crippen molar-refractivity contribution in [2.24, 2.45) is 0 Å². The standard InChI is InChI=1S/C21H31N7/c1-5-27-14-23-12-16(27)13-26-8-6-15(7-9-26)17-10-19(22)28-20(24-17)11-18(25-28)21(2,3)4/h10-12,14-15H,5-9,13,22H2,1-4H3. The van der Waals surface area contributed by atoms with Crippen LogP contribution >= 0.6 is 0 Å². The van der Waals surface area contributed by atoms with Crippen LogP contribution in [0, 0.1) is 0 Å². The van der Waals surface area contributed by atoms with Crippen LogP contribution < -0.4 is 5.73 Å². The summed E-state index contributed by atoms with van der Waals surface area (Å²) in [6.07, 6.45) is 6.10. The third kappa shape index (κ3) is 3.63. The zero-order chi connectivity index (χ0) is 19.9. The third-order valence-electron chi connectivity index (χ3n) is 5.77. The van der Waals surface area contributed by atoms with E-state index < -0.39 is 0 Å². The van der Waals surface area contributed by atoms with Gasteiger partial charge in [-0.1, -0.05) is 20.8 Å². The number of imidazole rings is 1. The van der Waals surface area contributed by atoms with E-state index in [1.165, 1.54) is 5.69 Å². The molecule has 0 amide bonds. The summed E-state index contributed by atoms with van der Waals surface area (Å²) in [6.45, 7) is 12.7. The van der Waals surface area contributed by atoms with E-state index in [1.807, 2.05) is 18.6 Å². The van der Waals surface area contributed by atoms with Crippen LogP contribution in [0.25, 0.3) is 5.65 Å². The fraction of sp³-hybridized carbons (Fsp3) is 0.571. The Kier molecular flexibility index (Phi) is 4.87. The molecule has 4 rings (SSSR count). The van der Waals surface area contributed by atoms with Crippen LogP contribution in [0.1, 0.15) is 63.5 Å². The molecule has 0 spiro atoms. The lowest BCUT2D eigenvalue weighted by Crippen LogP contribution is -2.33. The van der Waals surface area contributed by atoms with Gasteiger partial charge in [0.2, 0.25) is 0 Å². The second kappa shape index (κ2) is 7.20. The van der Waals surface area contributed by atoms with Crippen molar-refractivity contribution in [2.75, 3.05) is 18.8 Å². The fourth-order valence-electron chi connectivity index (χ4n) is 3.97. The number of hydrogen-bond donors (Lipinski definition) is 1. The third-order valence-corrected chi connectivity index (χ3v) is 5.77. The molecule has 1 saturated heterocycles. The van der Waals surface area contributed by atoms with Gasteiger partial charge in [-0.05, 0) is 32.9 Å². The zero-order valence-corrected chi connectivity index (χ0v) is 17.4. The summed E-state index contributed by atoms with van der Waals surface area (Å²) in [5.74, 6) is 1.12. The first kappa shape index (κ1) is 18.9. The van der Waals surface area contributed by atoms with Crippen LogP contribution in [-0.4, -0.2) is 42.1 Å². The van der Waals surface area contributed by atoms with Crippen LogP contribution in [0.2, 0.25) is 0 Å². The van der Waals surface area contributed by atoms with Gasteiger partial charge in [0.25, 0.3) is 0 Å². The molecule has 0 atom stereocenters. The van der Waals surface area contributed by atoms with Crippen molar-refractivity contribution in [3.8, 4) is 0 Å². The Morgan fingerprint density at radius 2 is 1.93 bits per heavy atom. The Morgan fingerprint density at radius 1 is 1.18 bits per heavy atom. The van der Waals surface area contributed by atoms with Crippen molar-refractivity contribution >= 4 is 11.5 Å². The number of likely N-dealkylation sites (tertiary alicyclic amines) is 1. The number of nitrogen functional groups attached to an aromatic ring is 1. The highest BCUT2D eigenvalue weighted by Gasteiger charge is 2.24. The number of piperidine rings is 1. The van der Waals surface area contributed by atoms with Crippen LogP contribution in [-0.2, 0) is 18.5 Å². The molecule has 0 aromatic carbocycles. The summed E-state index contributed by atoms with van der Waals surface area (Å²) in [5, 5.41) is 4.65. The smallest absolute Gasteiger partial charge is 0.157 e. The minimum Gasteiger partial charge on any atom is -0.384 e. The number of hydrogen-bond acceptors (Lipinski definition) is 5. The van der Waals surface area contributed by atoms with Gasteiger partial charge in [-0.15, -0.1) is 0 Å². The second-order valence-electron chi connectivity index (χ2n) is 8.88. The Balaban J connectivity index is 1.47. The number of nitrogens with two attached hydrogens (primary N) is 1. The molecule has 0 radical (unpaired) electrons. The molecule has 0 unspecified atom stereocenters.